The van der Waals surface area contributed by atoms with Gasteiger partial charge in [0.15, 0.2) is 0 Å². The van der Waals surface area contributed by atoms with E-state index in [0.29, 0.717) is 0 Å². The van der Waals surface area contributed by atoms with E-state index in [4.69, 9.17) is 15.2 Å². The number of benzene rings is 1. The number of aryl methyl sites for hydroxylation is 1. The van der Waals surface area contributed by atoms with Crippen molar-refractivity contribution < 1.29 is 9.47 Å². The second-order valence-electron chi connectivity index (χ2n) is 3.14. The molecule has 0 radical (unpaired) electrons. The molecule has 1 aromatic rings. The summed E-state index contributed by atoms with van der Waals surface area (Å²) in [7, 11) is 0. The number of rotatable bonds is 0. The van der Waals surface area contributed by atoms with Crippen LogP contribution in [0.15, 0.2) is 24.3 Å². The van der Waals surface area contributed by atoms with Gasteiger partial charge in [0.25, 0.3) is 0 Å². The summed E-state index contributed by atoms with van der Waals surface area (Å²) in [5.74, 6) is 0. The van der Waals surface area contributed by atoms with Crippen LogP contribution >= 0.6 is 0 Å². The van der Waals surface area contributed by atoms with Crippen molar-refractivity contribution in [3.63, 3.8) is 0 Å². The molecule has 3 heteroatoms. The fourth-order valence-electron chi connectivity index (χ4n) is 1.11. The van der Waals surface area contributed by atoms with Crippen LogP contribution in [-0.2, 0) is 9.47 Å². The largest absolute Gasteiger partial charge is 0.399 e. The summed E-state index contributed by atoms with van der Waals surface area (Å²) < 4.78 is 9.89. The maximum Gasteiger partial charge on any atom is 0.0701 e. The smallest absolute Gasteiger partial charge is 0.0701 e. The van der Waals surface area contributed by atoms with Crippen LogP contribution in [0.1, 0.15) is 5.56 Å². The van der Waals surface area contributed by atoms with Gasteiger partial charge in [-0.05, 0) is 24.6 Å². The first-order valence-corrected chi connectivity index (χ1v) is 4.76. The van der Waals surface area contributed by atoms with E-state index in [2.05, 4.69) is 0 Å². The molecule has 0 amide bonds. The van der Waals surface area contributed by atoms with E-state index in [9.17, 15) is 0 Å². The number of ether oxygens (including phenoxy) is 2. The van der Waals surface area contributed by atoms with Gasteiger partial charge in [-0.2, -0.15) is 0 Å². The second-order valence-corrected chi connectivity index (χ2v) is 3.14. The Kier molecular flexibility index (Phi) is 5.04. The Morgan fingerprint density at radius 3 is 1.93 bits per heavy atom. The summed E-state index contributed by atoms with van der Waals surface area (Å²) in [6.45, 7) is 5.14. The van der Waals surface area contributed by atoms with E-state index in [1.165, 1.54) is 5.56 Å². The summed E-state index contributed by atoms with van der Waals surface area (Å²) in [6, 6.07) is 7.80. The Hall–Kier alpha value is -1.06. The highest BCUT2D eigenvalue weighted by Crippen LogP contribution is 2.03. The molecule has 0 bridgehead atoms. The van der Waals surface area contributed by atoms with Crippen LogP contribution in [0.3, 0.4) is 0 Å². The molecule has 1 aromatic carbocycles. The minimum atomic E-state index is 0.778. The second kappa shape index (κ2) is 6.40. The molecule has 1 fully saturated rings. The van der Waals surface area contributed by atoms with Crippen LogP contribution in [-0.4, -0.2) is 26.4 Å². The lowest BCUT2D eigenvalue weighted by atomic mass is 10.2. The molecule has 1 aliphatic rings. The Morgan fingerprint density at radius 1 is 1.07 bits per heavy atom. The number of nitrogen functional groups attached to an aromatic ring is 1. The molecular weight excluding hydrogens is 178 g/mol. The quantitative estimate of drug-likeness (QED) is 0.640. The SMILES string of the molecule is C1COCCO1.Cc1cccc(N)c1. The lowest BCUT2D eigenvalue weighted by molar-refractivity contribution is -0.0334. The van der Waals surface area contributed by atoms with E-state index in [1.807, 2.05) is 31.2 Å². The van der Waals surface area contributed by atoms with E-state index < -0.39 is 0 Å². The normalized spacial score (nSPS) is 15.5. The van der Waals surface area contributed by atoms with Gasteiger partial charge in [-0.3, -0.25) is 0 Å². The van der Waals surface area contributed by atoms with E-state index in [1.54, 1.807) is 0 Å². The molecule has 1 heterocycles. The van der Waals surface area contributed by atoms with Crippen molar-refractivity contribution in [1.82, 2.24) is 0 Å². The molecule has 1 saturated heterocycles. The molecule has 0 unspecified atom stereocenters. The first kappa shape index (κ1) is 11.0. The van der Waals surface area contributed by atoms with E-state index in [0.717, 1.165) is 32.1 Å². The molecule has 78 valence electrons. The molecule has 0 aliphatic carbocycles. The number of anilines is 1. The lowest BCUT2D eigenvalue weighted by Crippen LogP contribution is -2.16. The van der Waals surface area contributed by atoms with Crippen LogP contribution < -0.4 is 5.73 Å². The van der Waals surface area contributed by atoms with Crippen molar-refractivity contribution >= 4 is 5.69 Å². The van der Waals surface area contributed by atoms with Gasteiger partial charge < -0.3 is 15.2 Å². The molecule has 0 spiro atoms. The van der Waals surface area contributed by atoms with Gasteiger partial charge in [-0.1, -0.05) is 12.1 Å². The highest BCUT2D eigenvalue weighted by Gasteiger charge is 1.94. The minimum absolute atomic E-state index is 0.778. The van der Waals surface area contributed by atoms with Gasteiger partial charge in [0.05, 0.1) is 26.4 Å². The highest BCUT2D eigenvalue weighted by atomic mass is 16.6. The zero-order valence-electron chi connectivity index (χ0n) is 8.53. The van der Waals surface area contributed by atoms with Gasteiger partial charge in [-0.15, -0.1) is 0 Å². The third-order valence-electron chi connectivity index (χ3n) is 1.79. The van der Waals surface area contributed by atoms with Crippen LogP contribution in [0.4, 0.5) is 5.69 Å². The van der Waals surface area contributed by atoms with Crippen LogP contribution in [0.25, 0.3) is 0 Å². The maximum atomic E-state index is 5.46. The molecule has 3 nitrogen and oxygen atoms in total. The van der Waals surface area contributed by atoms with Gasteiger partial charge in [0, 0.05) is 5.69 Å². The standard InChI is InChI=1S/C7H9N.C4H8O2/c1-6-3-2-4-7(8)5-6;1-2-6-4-3-5-1/h2-5H,8H2,1H3;1-4H2. The predicted octanol–water partition coefficient (Wildman–Crippen LogP) is 1.61. The summed E-state index contributed by atoms with van der Waals surface area (Å²) in [6.07, 6.45) is 0. The number of nitrogens with two attached hydrogens (primary N) is 1. The molecule has 0 atom stereocenters. The Labute approximate surface area is 84.8 Å². The fraction of sp³-hybridized carbons (Fsp3) is 0.455. The average Bonchev–Trinajstić information content (AvgIpc) is 2.21. The van der Waals surface area contributed by atoms with Crippen molar-refractivity contribution in [3.8, 4) is 0 Å². The molecule has 14 heavy (non-hydrogen) atoms. The first-order chi connectivity index (χ1) is 6.79. The van der Waals surface area contributed by atoms with Crippen molar-refractivity contribution in [3.05, 3.63) is 29.8 Å². The summed E-state index contributed by atoms with van der Waals surface area (Å²) in [5.41, 5.74) is 7.51. The van der Waals surface area contributed by atoms with Gasteiger partial charge >= 0.3 is 0 Å². The Bertz CT molecular complexity index is 230. The summed E-state index contributed by atoms with van der Waals surface area (Å²) >= 11 is 0. The third-order valence-corrected chi connectivity index (χ3v) is 1.79. The van der Waals surface area contributed by atoms with Crippen molar-refractivity contribution in [2.24, 2.45) is 0 Å². The Balaban J connectivity index is 0.000000146. The highest BCUT2D eigenvalue weighted by molar-refractivity contribution is 5.39. The van der Waals surface area contributed by atoms with Gasteiger partial charge in [0.2, 0.25) is 0 Å². The van der Waals surface area contributed by atoms with Gasteiger partial charge in [-0.25, -0.2) is 0 Å². The minimum Gasteiger partial charge on any atom is -0.399 e. The monoisotopic (exact) mass is 195 g/mol. The molecule has 1 aliphatic heterocycles. The molecule has 2 rings (SSSR count). The number of hydrogen-bond acceptors (Lipinski definition) is 3. The van der Waals surface area contributed by atoms with Crippen molar-refractivity contribution in [2.45, 2.75) is 6.92 Å². The van der Waals surface area contributed by atoms with Crippen LogP contribution in [0.5, 0.6) is 0 Å². The molecule has 0 aromatic heterocycles. The van der Waals surface area contributed by atoms with Crippen molar-refractivity contribution in [2.75, 3.05) is 32.2 Å². The van der Waals surface area contributed by atoms with Gasteiger partial charge in [0.1, 0.15) is 0 Å². The Morgan fingerprint density at radius 2 is 1.64 bits per heavy atom. The predicted molar refractivity (Wildman–Crippen MR) is 57.2 cm³/mol. The first-order valence-electron chi connectivity index (χ1n) is 4.76. The average molecular weight is 195 g/mol. The van der Waals surface area contributed by atoms with E-state index >= 15 is 0 Å². The van der Waals surface area contributed by atoms with Crippen LogP contribution in [0, 0.1) is 6.92 Å². The van der Waals surface area contributed by atoms with Crippen LogP contribution in [0.2, 0.25) is 0 Å². The number of hydrogen-bond donors (Lipinski definition) is 1. The topological polar surface area (TPSA) is 44.5 Å². The summed E-state index contributed by atoms with van der Waals surface area (Å²) in [4.78, 5) is 0. The third kappa shape index (κ3) is 4.84. The molecular formula is C11H17NO2. The van der Waals surface area contributed by atoms with E-state index in [-0.39, 0.29) is 0 Å². The molecule has 2 N–H and O–H groups in total. The fourth-order valence-corrected chi connectivity index (χ4v) is 1.11. The maximum absolute atomic E-state index is 5.46. The molecule has 0 saturated carbocycles. The lowest BCUT2D eigenvalue weighted by Gasteiger charge is -2.09. The van der Waals surface area contributed by atoms with Crippen molar-refractivity contribution in [1.29, 1.82) is 0 Å². The zero-order valence-corrected chi connectivity index (χ0v) is 8.53. The zero-order chi connectivity index (χ0) is 10.2. The summed E-state index contributed by atoms with van der Waals surface area (Å²) in [5, 5.41) is 0.